The number of hydrogen-bond donors (Lipinski definition) is 1. The standard InChI is InChI=1S/C10H22O3S.Ca.2H/c1-2-3-4-5-6-7-8-9-10-14(11,12)13;;;/h2-10H2,1H3,(H,11,12,13);;;. The van der Waals surface area contributed by atoms with Gasteiger partial charge in [-0.3, -0.25) is 4.55 Å². The first-order chi connectivity index (χ1) is 6.56. The first-order valence-corrected chi connectivity index (χ1v) is 7.12. The van der Waals surface area contributed by atoms with E-state index >= 15 is 0 Å². The van der Waals surface area contributed by atoms with Crippen molar-refractivity contribution in [2.24, 2.45) is 0 Å². The van der Waals surface area contributed by atoms with Crippen molar-refractivity contribution in [3.8, 4) is 0 Å². The maximum atomic E-state index is 10.4. The van der Waals surface area contributed by atoms with Gasteiger partial charge in [0.25, 0.3) is 10.1 Å². The van der Waals surface area contributed by atoms with Gasteiger partial charge >= 0.3 is 37.7 Å². The molecule has 3 nitrogen and oxygen atoms in total. The molecular weight excluding hydrogens is 240 g/mol. The van der Waals surface area contributed by atoms with E-state index < -0.39 is 10.1 Å². The molecule has 0 fully saturated rings. The van der Waals surface area contributed by atoms with Crippen LogP contribution >= 0.6 is 0 Å². The number of rotatable bonds is 9. The summed E-state index contributed by atoms with van der Waals surface area (Å²) in [7, 11) is -3.73. The third-order valence-electron chi connectivity index (χ3n) is 2.26. The summed E-state index contributed by atoms with van der Waals surface area (Å²) in [4.78, 5) is 0. The molecule has 0 saturated heterocycles. The molecule has 0 heterocycles. The van der Waals surface area contributed by atoms with Gasteiger partial charge < -0.3 is 0 Å². The fourth-order valence-electron chi connectivity index (χ4n) is 1.42. The van der Waals surface area contributed by atoms with Gasteiger partial charge in [0, 0.05) is 0 Å². The van der Waals surface area contributed by atoms with E-state index in [0.29, 0.717) is 6.42 Å². The van der Waals surface area contributed by atoms with Crippen LogP contribution < -0.4 is 0 Å². The summed E-state index contributed by atoms with van der Waals surface area (Å²) < 4.78 is 29.2. The van der Waals surface area contributed by atoms with Crippen molar-refractivity contribution in [3.05, 3.63) is 0 Å². The minimum atomic E-state index is -3.73. The van der Waals surface area contributed by atoms with Crippen molar-refractivity contribution in [1.82, 2.24) is 0 Å². The Hall–Kier alpha value is 1.17. The second-order valence-electron chi connectivity index (χ2n) is 3.76. The molecular formula is C10H24CaO3S. The molecule has 0 unspecified atom stereocenters. The zero-order valence-electron chi connectivity index (χ0n) is 9.04. The van der Waals surface area contributed by atoms with Crippen molar-refractivity contribution in [2.45, 2.75) is 58.3 Å². The van der Waals surface area contributed by atoms with Gasteiger partial charge in [-0.25, -0.2) is 0 Å². The van der Waals surface area contributed by atoms with E-state index in [9.17, 15) is 8.42 Å². The Morgan fingerprint density at radius 2 is 1.27 bits per heavy atom. The van der Waals surface area contributed by atoms with Crippen LogP contribution in [-0.2, 0) is 10.1 Å². The summed E-state index contributed by atoms with van der Waals surface area (Å²) in [6.45, 7) is 2.19. The third kappa shape index (κ3) is 17.8. The molecule has 0 atom stereocenters. The van der Waals surface area contributed by atoms with Crippen LogP contribution in [0, 0.1) is 0 Å². The second-order valence-corrected chi connectivity index (χ2v) is 5.33. The Morgan fingerprint density at radius 3 is 1.67 bits per heavy atom. The Kier molecular flexibility index (Phi) is 14.4. The minimum absolute atomic E-state index is 0. The van der Waals surface area contributed by atoms with Gasteiger partial charge in [-0.05, 0) is 6.42 Å². The number of hydrogen-bond acceptors (Lipinski definition) is 2. The second kappa shape index (κ2) is 11.6. The van der Waals surface area contributed by atoms with Crippen LogP contribution in [0.4, 0.5) is 0 Å². The molecule has 0 aromatic heterocycles. The van der Waals surface area contributed by atoms with Gasteiger partial charge in [-0.1, -0.05) is 51.9 Å². The van der Waals surface area contributed by atoms with E-state index in [2.05, 4.69) is 6.92 Å². The molecule has 0 aromatic rings. The first-order valence-electron chi connectivity index (χ1n) is 5.51. The van der Waals surface area contributed by atoms with Gasteiger partial charge in [-0.2, -0.15) is 8.42 Å². The average molecular weight is 264 g/mol. The zero-order valence-corrected chi connectivity index (χ0v) is 9.85. The molecule has 90 valence electrons. The summed E-state index contributed by atoms with van der Waals surface area (Å²) in [5.74, 6) is -0.0814. The molecule has 5 heteroatoms. The van der Waals surface area contributed by atoms with E-state index in [4.69, 9.17) is 4.55 Å². The van der Waals surface area contributed by atoms with Crippen molar-refractivity contribution >= 4 is 47.9 Å². The Labute approximate surface area is 124 Å². The van der Waals surface area contributed by atoms with Crippen molar-refractivity contribution in [3.63, 3.8) is 0 Å². The topological polar surface area (TPSA) is 54.4 Å². The Morgan fingerprint density at radius 1 is 0.867 bits per heavy atom. The fourth-order valence-corrected chi connectivity index (χ4v) is 1.99. The molecule has 1 N–H and O–H groups in total. The predicted molar refractivity (Wildman–Crippen MR) is 67.6 cm³/mol. The van der Waals surface area contributed by atoms with E-state index in [0.717, 1.165) is 12.8 Å². The maximum absolute atomic E-state index is 10.4. The molecule has 15 heavy (non-hydrogen) atoms. The predicted octanol–water partition coefficient (Wildman–Crippen LogP) is 2.10. The molecule has 0 radical (unpaired) electrons. The molecule has 0 spiro atoms. The quantitative estimate of drug-likeness (QED) is 0.394. The van der Waals surface area contributed by atoms with Crippen LogP contribution in [0.5, 0.6) is 0 Å². The third-order valence-corrected chi connectivity index (χ3v) is 3.06. The monoisotopic (exact) mass is 264 g/mol. The molecule has 0 aliphatic rings. The zero-order chi connectivity index (χ0) is 10.9. The molecule has 0 aromatic carbocycles. The average Bonchev–Trinajstić information content (AvgIpc) is 2.08. The van der Waals surface area contributed by atoms with Crippen LogP contribution in [0.1, 0.15) is 58.3 Å². The van der Waals surface area contributed by atoms with Crippen LogP contribution in [0.25, 0.3) is 0 Å². The van der Waals surface area contributed by atoms with Crippen molar-refractivity contribution in [2.75, 3.05) is 5.75 Å². The molecule has 0 saturated carbocycles. The first kappa shape index (κ1) is 18.5. The summed E-state index contributed by atoms with van der Waals surface area (Å²) >= 11 is 0. The van der Waals surface area contributed by atoms with Crippen LogP contribution in [0.15, 0.2) is 0 Å². The molecule has 0 rings (SSSR count). The summed E-state index contributed by atoms with van der Waals surface area (Å²) in [6.07, 6.45) is 8.85. The van der Waals surface area contributed by atoms with E-state index in [1.807, 2.05) is 0 Å². The van der Waals surface area contributed by atoms with Gasteiger partial charge in [0.2, 0.25) is 0 Å². The van der Waals surface area contributed by atoms with E-state index in [1.165, 1.54) is 32.1 Å². The van der Waals surface area contributed by atoms with Crippen molar-refractivity contribution in [1.29, 1.82) is 0 Å². The van der Waals surface area contributed by atoms with Gasteiger partial charge in [0.05, 0.1) is 5.75 Å². The van der Waals surface area contributed by atoms with Crippen molar-refractivity contribution < 1.29 is 13.0 Å². The molecule has 0 amide bonds. The van der Waals surface area contributed by atoms with Crippen LogP contribution in [0.3, 0.4) is 0 Å². The number of unbranched alkanes of at least 4 members (excludes halogenated alkanes) is 7. The van der Waals surface area contributed by atoms with E-state index in [-0.39, 0.29) is 43.5 Å². The Balaban J connectivity index is 0. The molecule has 0 aliphatic heterocycles. The summed E-state index contributed by atoms with van der Waals surface area (Å²) in [6, 6.07) is 0. The van der Waals surface area contributed by atoms with Gasteiger partial charge in [0.15, 0.2) is 0 Å². The SMILES string of the molecule is CCCCCCCCCCS(=O)(=O)O.[CaH2]. The van der Waals surface area contributed by atoms with Gasteiger partial charge in [0.1, 0.15) is 0 Å². The normalized spacial score (nSPS) is 11.1. The summed E-state index contributed by atoms with van der Waals surface area (Å²) in [5, 5.41) is 0. The van der Waals surface area contributed by atoms with Crippen LogP contribution in [-0.4, -0.2) is 56.5 Å². The van der Waals surface area contributed by atoms with E-state index in [1.54, 1.807) is 0 Å². The van der Waals surface area contributed by atoms with Crippen LogP contribution in [0.2, 0.25) is 0 Å². The molecule has 0 bridgehead atoms. The van der Waals surface area contributed by atoms with Gasteiger partial charge in [-0.15, -0.1) is 0 Å². The molecule has 0 aliphatic carbocycles. The Bertz CT molecular complexity index is 215. The fraction of sp³-hybridized carbons (Fsp3) is 1.00. The summed E-state index contributed by atoms with van der Waals surface area (Å²) in [5.41, 5.74) is 0.